The Kier molecular flexibility index (Phi) is 7.22. The summed E-state index contributed by atoms with van der Waals surface area (Å²) >= 11 is 0. The van der Waals surface area contributed by atoms with E-state index in [1.54, 1.807) is 0 Å². The van der Waals surface area contributed by atoms with E-state index in [0.29, 0.717) is 13.2 Å². The van der Waals surface area contributed by atoms with Crippen LogP contribution in [0.4, 0.5) is 0 Å². The van der Waals surface area contributed by atoms with Crippen LogP contribution in [-0.2, 0) is 14.8 Å². The predicted molar refractivity (Wildman–Crippen MR) is 53.2 cm³/mol. The molecule has 0 spiro atoms. The third-order valence-electron chi connectivity index (χ3n) is 1.47. The fourth-order valence-electron chi connectivity index (χ4n) is 0.780. The molecule has 5 heteroatoms. The van der Waals surface area contributed by atoms with Crippen LogP contribution in [-0.4, -0.2) is 34.4 Å². The molecule has 0 aliphatic carbocycles. The van der Waals surface area contributed by atoms with Gasteiger partial charge in [-0.1, -0.05) is 13.3 Å². The van der Waals surface area contributed by atoms with Crippen molar-refractivity contribution in [3.05, 3.63) is 0 Å². The number of sulfonamides is 1. The summed E-state index contributed by atoms with van der Waals surface area (Å²) in [6.45, 7) is 3.97. The molecular weight excluding hydrogens is 190 g/mol. The molecule has 0 amide bonds. The third kappa shape index (κ3) is 11.9. The molecule has 0 aromatic carbocycles. The van der Waals surface area contributed by atoms with Crippen LogP contribution < -0.4 is 4.72 Å². The second-order valence-corrected chi connectivity index (χ2v) is 4.82. The molecule has 0 bridgehead atoms. The molecule has 4 nitrogen and oxygen atoms in total. The van der Waals surface area contributed by atoms with E-state index in [-0.39, 0.29) is 0 Å². The Hall–Kier alpha value is -0.130. The van der Waals surface area contributed by atoms with Crippen molar-refractivity contribution in [2.24, 2.45) is 0 Å². The first-order chi connectivity index (χ1) is 6.06. The van der Waals surface area contributed by atoms with Crippen LogP contribution in [0.15, 0.2) is 0 Å². The largest absolute Gasteiger partial charge is 0.381 e. The van der Waals surface area contributed by atoms with Crippen molar-refractivity contribution >= 4 is 10.0 Å². The van der Waals surface area contributed by atoms with Crippen LogP contribution in [0.2, 0.25) is 0 Å². The van der Waals surface area contributed by atoms with Gasteiger partial charge in [0.2, 0.25) is 10.0 Å². The molecule has 0 rings (SSSR count). The number of hydrogen-bond donors (Lipinski definition) is 1. The fourth-order valence-corrected chi connectivity index (χ4v) is 1.30. The van der Waals surface area contributed by atoms with Gasteiger partial charge in [-0.3, -0.25) is 0 Å². The summed E-state index contributed by atoms with van der Waals surface area (Å²) in [4.78, 5) is 0. The summed E-state index contributed by atoms with van der Waals surface area (Å²) in [6, 6.07) is 0. The number of ether oxygens (including phenoxy) is 1. The highest BCUT2D eigenvalue weighted by atomic mass is 32.2. The number of nitrogens with one attached hydrogen (secondary N) is 1. The Morgan fingerprint density at radius 1 is 1.23 bits per heavy atom. The lowest BCUT2D eigenvalue weighted by atomic mass is 10.4. The Balaban J connectivity index is 3.09. The molecular formula is C8H19NO3S. The lowest BCUT2D eigenvalue weighted by molar-refractivity contribution is 0.130. The summed E-state index contributed by atoms with van der Waals surface area (Å²) < 4.78 is 28.9. The van der Waals surface area contributed by atoms with Crippen LogP contribution in [0.1, 0.15) is 26.2 Å². The van der Waals surface area contributed by atoms with Gasteiger partial charge in [0.15, 0.2) is 0 Å². The van der Waals surface area contributed by atoms with Crippen LogP contribution in [0, 0.1) is 0 Å². The summed E-state index contributed by atoms with van der Waals surface area (Å²) in [7, 11) is -3.03. The van der Waals surface area contributed by atoms with Crippen molar-refractivity contribution in [1.82, 2.24) is 4.72 Å². The fraction of sp³-hybridized carbons (Fsp3) is 1.00. The topological polar surface area (TPSA) is 55.4 Å². The van der Waals surface area contributed by atoms with Gasteiger partial charge in [0.05, 0.1) is 6.26 Å². The van der Waals surface area contributed by atoms with Gasteiger partial charge < -0.3 is 4.74 Å². The summed E-state index contributed by atoms with van der Waals surface area (Å²) in [5.41, 5.74) is 0. The maximum atomic E-state index is 10.6. The van der Waals surface area contributed by atoms with Crippen LogP contribution >= 0.6 is 0 Å². The maximum Gasteiger partial charge on any atom is 0.208 e. The van der Waals surface area contributed by atoms with Crippen molar-refractivity contribution in [2.75, 3.05) is 26.0 Å². The van der Waals surface area contributed by atoms with Crippen LogP contribution in [0.5, 0.6) is 0 Å². The van der Waals surface area contributed by atoms with E-state index in [2.05, 4.69) is 11.6 Å². The summed E-state index contributed by atoms with van der Waals surface area (Å²) in [5.74, 6) is 0. The smallest absolute Gasteiger partial charge is 0.208 e. The second kappa shape index (κ2) is 7.29. The monoisotopic (exact) mass is 209 g/mol. The predicted octanol–water partition coefficient (Wildman–Crippen LogP) is 0.742. The quantitative estimate of drug-likeness (QED) is 0.600. The first-order valence-corrected chi connectivity index (χ1v) is 6.48. The lowest BCUT2D eigenvalue weighted by Gasteiger charge is -2.03. The highest BCUT2D eigenvalue weighted by Gasteiger charge is 1.97. The van der Waals surface area contributed by atoms with Gasteiger partial charge >= 0.3 is 0 Å². The van der Waals surface area contributed by atoms with Gasteiger partial charge in [-0.2, -0.15) is 0 Å². The number of rotatable bonds is 8. The van der Waals surface area contributed by atoms with Gasteiger partial charge in [-0.25, -0.2) is 13.1 Å². The van der Waals surface area contributed by atoms with Crippen molar-refractivity contribution < 1.29 is 13.2 Å². The molecule has 0 saturated carbocycles. The Labute approximate surface area is 80.7 Å². The molecule has 1 N–H and O–H groups in total. The molecule has 0 saturated heterocycles. The molecule has 0 atom stereocenters. The minimum atomic E-state index is -3.03. The van der Waals surface area contributed by atoms with Crippen LogP contribution in [0.3, 0.4) is 0 Å². The molecule has 0 aromatic rings. The van der Waals surface area contributed by atoms with E-state index in [1.165, 1.54) is 0 Å². The molecule has 0 aliphatic rings. The third-order valence-corrected chi connectivity index (χ3v) is 2.20. The lowest BCUT2D eigenvalue weighted by Crippen LogP contribution is -2.23. The van der Waals surface area contributed by atoms with Crippen molar-refractivity contribution in [2.45, 2.75) is 26.2 Å². The number of hydrogen-bond acceptors (Lipinski definition) is 3. The molecule has 0 unspecified atom stereocenters. The first kappa shape index (κ1) is 12.9. The number of unbranched alkanes of at least 4 members (excludes halogenated alkanes) is 1. The Morgan fingerprint density at radius 2 is 1.85 bits per heavy atom. The van der Waals surface area contributed by atoms with Crippen molar-refractivity contribution in [1.29, 1.82) is 0 Å². The normalized spacial score (nSPS) is 11.8. The minimum Gasteiger partial charge on any atom is -0.381 e. The Bertz CT molecular complexity index is 201. The maximum absolute atomic E-state index is 10.6. The zero-order chi connectivity index (χ0) is 10.2. The van der Waals surface area contributed by atoms with Gasteiger partial charge in [0, 0.05) is 19.8 Å². The van der Waals surface area contributed by atoms with Gasteiger partial charge in [-0.05, 0) is 12.8 Å². The van der Waals surface area contributed by atoms with E-state index in [9.17, 15) is 8.42 Å². The van der Waals surface area contributed by atoms with Crippen molar-refractivity contribution in [3.8, 4) is 0 Å². The molecule has 0 aliphatic heterocycles. The molecule has 0 aromatic heterocycles. The van der Waals surface area contributed by atoms with E-state index in [0.717, 1.165) is 32.1 Å². The SMILES string of the molecule is CCCCOCCCNS(C)(=O)=O. The highest BCUT2D eigenvalue weighted by molar-refractivity contribution is 7.88. The average molecular weight is 209 g/mol. The second-order valence-electron chi connectivity index (χ2n) is 2.99. The van der Waals surface area contributed by atoms with Crippen LogP contribution in [0.25, 0.3) is 0 Å². The zero-order valence-electron chi connectivity index (χ0n) is 8.38. The zero-order valence-corrected chi connectivity index (χ0v) is 9.19. The molecule has 80 valence electrons. The molecule has 13 heavy (non-hydrogen) atoms. The molecule has 0 fully saturated rings. The van der Waals surface area contributed by atoms with E-state index >= 15 is 0 Å². The molecule has 0 radical (unpaired) electrons. The van der Waals surface area contributed by atoms with Gasteiger partial charge in [0.25, 0.3) is 0 Å². The Morgan fingerprint density at radius 3 is 2.38 bits per heavy atom. The first-order valence-electron chi connectivity index (χ1n) is 4.58. The minimum absolute atomic E-state index is 0.463. The summed E-state index contributed by atoms with van der Waals surface area (Å²) in [6.07, 6.45) is 4.09. The molecule has 0 heterocycles. The van der Waals surface area contributed by atoms with E-state index in [1.807, 2.05) is 0 Å². The van der Waals surface area contributed by atoms with E-state index in [4.69, 9.17) is 4.74 Å². The standard InChI is InChI=1S/C8H19NO3S/c1-3-4-7-12-8-5-6-9-13(2,10)11/h9H,3-8H2,1-2H3. The summed E-state index contributed by atoms with van der Waals surface area (Å²) in [5, 5.41) is 0. The van der Waals surface area contributed by atoms with Crippen molar-refractivity contribution in [3.63, 3.8) is 0 Å². The van der Waals surface area contributed by atoms with Gasteiger partial charge in [0.1, 0.15) is 0 Å². The van der Waals surface area contributed by atoms with Gasteiger partial charge in [-0.15, -0.1) is 0 Å². The average Bonchev–Trinajstić information content (AvgIpc) is 2.01. The van der Waals surface area contributed by atoms with E-state index < -0.39 is 10.0 Å². The highest BCUT2D eigenvalue weighted by Crippen LogP contribution is 1.89.